The van der Waals surface area contributed by atoms with Crippen molar-refractivity contribution < 1.29 is 8.78 Å². The standard InChI is InChI=1S/C14H18F2N4/c1-2-7-20-8-6-18-14(20)12(19-17)9-10-4-3-5-11(15)13(10)16/h3-6,8,12,19H,2,7,9,17H2,1H3. The van der Waals surface area contributed by atoms with Crippen LogP contribution in [-0.2, 0) is 13.0 Å². The monoisotopic (exact) mass is 280 g/mol. The van der Waals surface area contributed by atoms with Gasteiger partial charge < -0.3 is 4.57 Å². The Bertz CT molecular complexity index is 568. The average Bonchev–Trinajstić information content (AvgIpc) is 2.89. The van der Waals surface area contributed by atoms with Gasteiger partial charge >= 0.3 is 0 Å². The largest absolute Gasteiger partial charge is 0.334 e. The van der Waals surface area contributed by atoms with Crippen molar-refractivity contribution in [3.8, 4) is 0 Å². The van der Waals surface area contributed by atoms with Crippen LogP contribution in [0.25, 0.3) is 0 Å². The molecule has 0 radical (unpaired) electrons. The van der Waals surface area contributed by atoms with Crippen molar-refractivity contribution in [2.45, 2.75) is 32.4 Å². The number of nitrogens with two attached hydrogens (primary N) is 1. The first kappa shape index (κ1) is 14.6. The molecular formula is C14H18F2N4. The fraction of sp³-hybridized carbons (Fsp3) is 0.357. The van der Waals surface area contributed by atoms with E-state index in [1.54, 1.807) is 12.3 Å². The highest BCUT2D eigenvalue weighted by Crippen LogP contribution is 2.20. The molecule has 1 heterocycles. The second-order valence-electron chi connectivity index (χ2n) is 4.62. The maximum atomic E-state index is 13.7. The molecule has 0 aliphatic heterocycles. The van der Waals surface area contributed by atoms with Crippen LogP contribution in [0.1, 0.15) is 30.8 Å². The predicted octanol–water partition coefficient (Wildman–Crippen LogP) is 2.32. The highest BCUT2D eigenvalue weighted by molar-refractivity contribution is 5.21. The number of nitrogens with one attached hydrogen (secondary N) is 1. The fourth-order valence-corrected chi connectivity index (χ4v) is 2.21. The topological polar surface area (TPSA) is 55.9 Å². The van der Waals surface area contributed by atoms with Gasteiger partial charge in [-0.2, -0.15) is 0 Å². The Morgan fingerprint density at radius 3 is 2.90 bits per heavy atom. The number of imidazole rings is 1. The zero-order valence-electron chi connectivity index (χ0n) is 11.3. The lowest BCUT2D eigenvalue weighted by Crippen LogP contribution is -2.32. The molecule has 4 nitrogen and oxygen atoms in total. The van der Waals surface area contributed by atoms with Gasteiger partial charge in [0.1, 0.15) is 5.82 Å². The smallest absolute Gasteiger partial charge is 0.162 e. The zero-order valence-corrected chi connectivity index (χ0v) is 11.3. The Morgan fingerprint density at radius 2 is 2.20 bits per heavy atom. The van der Waals surface area contributed by atoms with Gasteiger partial charge in [0.15, 0.2) is 11.6 Å². The van der Waals surface area contributed by atoms with Crippen molar-refractivity contribution >= 4 is 0 Å². The molecule has 3 N–H and O–H groups in total. The van der Waals surface area contributed by atoms with Crippen molar-refractivity contribution in [1.29, 1.82) is 0 Å². The van der Waals surface area contributed by atoms with Gasteiger partial charge in [-0.1, -0.05) is 19.1 Å². The second-order valence-corrected chi connectivity index (χ2v) is 4.62. The maximum Gasteiger partial charge on any atom is 0.162 e. The van der Waals surface area contributed by atoms with E-state index in [0.717, 1.165) is 24.9 Å². The van der Waals surface area contributed by atoms with Crippen LogP contribution in [0.3, 0.4) is 0 Å². The lowest BCUT2D eigenvalue weighted by Gasteiger charge is -2.17. The summed E-state index contributed by atoms with van der Waals surface area (Å²) in [5.74, 6) is 4.58. The number of aryl methyl sites for hydroxylation is 1. The maximum absolute atomic E-state index is 13.7. The van der Waals surface area contributed by atoms with Crippen molar-refractivity contribution in [2.75, 3.05) is 0 Å². The summed E-state index contributed by atoms with van der Waals surface area (Å²) < 4.78 is 28.9. The summed E-state index contributed by atoms with van der Waals surface area (Å²) in [5, 5.41) is 0. The van der Waals surface area contributed by atoms with Crippen LogP contribution in [-0.4, -0.2) is 9.55 Å². The van der Waals surface area contributed by atoms with Gasteiger partial charge in [0, 0.05) is 18.9 Å². The Labute approximate surface area is 116 Å². The fourth-order valence-electron chi connectivity index (χ4n) is 2.21. The molecule has 1 aromatic heterocycles. The molecule has 0 fully saturated rings. The Balaban J connectivity index is 2.24. The van der Waals surface area contributed by atoms with Gasteiger partial charge in [-0.15, -0.1) is 0 Å². The average molecular weight is 280 g/mol. The third-order valence-electron chi connectivity index (χ3n) is 3.18. The van der Waals surface area contributed by atoms with Crippen LogP contribution in [0.15, 0.2) is 30.6 Å². The van der Waals surface area contributed by atoms with Crippen molar-refractivity contribution in [2.24, 2.45) is 5.84 Å². The Morgan fingerprint density at radius 1 is 1.40 bits per heavy atom. The van der Waals surface area contributed by atoms with Crippen LogP contribution in [0.5, 0.6) is 0 Å². The first-order chi connectivity index (χ1) is 9.67. The molecule has 2 rings (SSSR count). The van der Waals surface area contributed by atoms with Gasteiger partial charge in [0.25, 0.3) is 0 Å². The Hall–Kier alpha value is -1.79. The zero-order chi connectivity index (χ0) is 14.5. The van der Waals surface area contributed by atoms with E-state index in [1.807, 2.05) is 10.8 Å². The molecule has 20 heavy (non-hydrogen) atoms. The third-order valence-corrected chi connectivity index (χ3v) is 3.18. The summed E-state index contributed by atoms with van der Waals surface area (Å²) >= 11 is 0. The molecule has 0 saturated heterocycles. The number of hydrazine groups is 1. The summed E-state index contributed by atoms with van der Waals surface area (Å²) in [4.78, 5) is 4.26. The lowest BCUT2D eigenvalue weighted by atomic mass is 10.0. The molecule has 2 aromatic rings. The first-order valence-corrected chi connectivity index (χ1v) is 6.57. The number of hydrogen-bond donors (Lipinski definition) is 2. The van der Waals surface area contributed by atoms with E-state index < -0.39 is 11.6 Å². The predicted molar refractivity (Wildman–Crippen MR) is 72.6 cm³/mol. The molecule has 1 unspecified atom stereocenters. The van der Waals surface area contributed by atoms with Crippen LogP contribution in [0.2, 0.25) is 0 Å². The van der Waals surface area contributed by atoms with Crippen LogP contribution < -0.4 is 11.3 Å². The minimum absolute atomic E-state index is 0.237. The van der Waals surface area contributed by atoms with E-state index in [9.17, 15) is 8.78 Å². The van der Waals surface area contributed by atoms with E-state index >= 15 is 0 Å². The summed E-state index contributed by atoms with van der Waals surface area (Å²) in [7, 11) is 0. The summed E-state index contributed by atoms with van der Waals surface area (Å²) in [5.41, 5.74) is 2.90. The number of rotatable bonds is 6. The van der Waals surface area contributed by atoms with E-state index in [0.29, 0.717) is 0 Å². The summed E-state index contributed by atoms with van der Waals surface area (Å²) in [6.07, 6.45) is 4.72. The number of halogens is 2. The molecular weight excluding hydrogens is 262 g/mol. The lowest BCUT2D eigenvalue weighted by molar-refractivity contribution is 0.460. The van der Waals surface area contributed by atoms with Gasteiger partial charge in [-0.3, -0.25) is 5.84 Å². The first-order valence-electron chi connectivity index (χ1n) is 6.57. The van der Waals surface area contributed by atoms with Gasteiger partial charge in [-0.05, 0) is 24.5 Å². The number of nitrogens with zero attached hydrogens (tertiary/aromatic N) is 2. The molecule has 0 aliphatic carbocycles. The number of benzene rings is 1. The van der Waals surface area contributed by atoms with E-state index in [1.165, 1.54) is 6.07 Å². The molecule has 1 aromatic carbocycles. The summed E-state index contributed by atoms with van der Waals surface area (Å²) in [6, 6.07) is 3.77. The van der Waals surface area contributed by atoms with E-state index in [2.05, 4.69) is 17.3 Å². The van der Waals surface area contributed by atoms with E-state index in [-0.39, 0.29) is 18.0 Å². The molecule has 1 atom stereocenters. The van der Waals surface area contributed by atoms with Crippen LogP contribution in [0, 0.1) is 11.6 Å². The van der Waals surface area contributed by atoms with Gasteiger partial charge in [0.05, 0.1) is 6.04 Å². The van der Waals surface area contributed by atoms with Gasteiger partial charge in [0.2, 0.25) is 0 Å². The highest BCUT2D eigenvalue weighted by atomic mass is 19.2. The number of aromatic nitrogens is 2. The SMILES string of the molecule is CCCn1ccnc1C(Cc1cccc(F)c1F)NN. The second kappa shape index (κ2) is 6.58. The number of hydrogen-bond acceptors (Lipinski definition) is 3. The van der Waals surface area contributed by atoms with E-state index in [4.69, 9.17) is 5.84 Å². The molecule has 0 bridgehead atoms. The third kappa shape index (κ3) is 3.02. The molecule has 6 heteroatoms. The molecule has 108 valence electrons. The van der Waals surface area contributed by atoms with Crippen molar-refractivity contribution in [1.82, 2.24) is 15.0 Å². The molecule has 0 saturated carbocycles. The minimum Gasteiger partial charge on any atom is -0.334 e. The van der Waals surface area contributed by atoms with Gasteiger partial charge in [-0.25, -0.2) is 19.2 Å². The highest BCUT2D eigenvalue weighted by Gasteiger charge is 2.19. The molecule has 0 aliphatic rings. The van der Waals surface area contributed by atoms with Crippen molar-refractivity contribution in [3.05, 3.63) is 53.6 Å². The normalized spacial score (nSPS) is 12.6. The van der Waals surface area contributed by atoms with Crippen LogP contribution >= 0.6 is 0 Å². The molecule has 0 amide bonds. The minimum atomic E-state index is -0.852. The quantitative estimate of drug-likeness (QED) is 0.630. The van der Waals surface area contributed by atoms with Crippen molar-refractivity contribution in [3.63, 3.8) is 0 Å². The summed E-state index contributed by atoms with van der Waals surface area (Å²) in [6.45, 7) is 2.86. The Kier molecular flexibility index (Phi) is 4.81. The molecule has 0 spiro atoms. The van der Waals surface area contributed by atoms with Crippen LogP contribution in [0.4, 0.5) is 8.78 Å².